The van der Waals surface area contributed by atoms with Gasteiger partial charge < -0.3 is 4.74 Å². The van der Waals surface area contributed by atoms with E-state index in [0.717, 1.165) is 30.2 Å². The van der Waals surface area contributed by atoms with E-state index in [1.165, 1.54) is 0 Å². The molecule has 0 aliphatic rings. The van der Waals surface area contributed by atoms with E-state index in [1.807, 2.05) is 0 Å². The average molecular weight is 271 g/mol. The molecule has 0 aliphatic carbocycles. The van der Waals surface area contributed by atoms with Gasteiger partial charge >= 0.3 is 0 Å². The Labute approximate surface area is 114 Å². The van der Waals surface area contributed by atoms with Crippen LogP contribution in [0, 0.1) is 0 Å². The molecule has 4 nitrogen and oxygen atoms in total. The molecule has 0 saturated carbocycles. The van der Waals surface area contributed by atoms with Gasteiger partial charge in [0.15, 0.2) is 0 Å². The number of hydrogen-bond acceptors (Lipinski definition) is 5. The highest BCUT2D eigenvalue weighted by atomic mass is 32.1. The van der Waals surface area contributed by atoms with E-state index in [2.05, 4.69) is 43.5 Å². The maximum Gasteiger partial charge on any atom is 0.0945 e. The summed E-state index contributed by atoms with van der Waals surface area (Å²) in [5, 5.41) is 3.25. The van der Waals surface area contributed by atoms with Crippen LogP contribution in [0.3, 0.4) is 0 Å². The molecule has 3 N–H and O–H groups in total. The Bertz CT molecular complexity index is 346. The van der Waals surface area contributed by atoms with Crippen LogP contribution in [-0.2, 0) is 16.6 Å². The summed E-state index contributed by atoms with van der Waals surface area (Å²) in [6.45, 7) is 10.0. The highest BCUT2D eigenvalue weighted by Gasteiger charge is 2.18. The largest absolute Gasteiger partial charge is 0.380 e. The van der Waals surface area contributed by atoms with Crippen molar-refractivity contribution in [1.82, 2.24) is 10.4 Å². The van der Waals surface area contributed by atoms with Gasteiger partial charge in [0.2, 0.25) is 0 Å². The number of thiazole rings is 1. The molecule has 0 amide bonds. The minimum absolute atomic E-state index is 0.110. The fourth-order valence-corrected chi connectivity index (χ4v) is 2.60. The molecule has 1 atom stereocenters. The molecule has 1 rings (SSSR count). The zero-order valence-corrected chi connectivity index (χ0v) is 12.6. The van der Waals surface area contributed by atoms with Crippen molar-refractivity contribution in [2.75, 3.05) is 13.2 Å². The van der Waals surface area contributed by atoms with Crippen molar-refractivity contribution in [3.8, 4) is 0 Å². The number of hydrazine groups is 1. The topological polar surface area (TPSA) is 60.2 Å². The molecule has 0 spiro atoms. The Morgan fingerprint density at radius 2 is 2.22 bits per heavy atom. The Hall–Kier alpha value is -0.490. The smallest absolute Gasteiger partial charge is 0.0945 e. The van der Waals surface area contributed by atoms with Crippen molar-refractivity contribution in [2.24, 2.45) is 5.84 Å². The van der Waals surface area contributed by atoms with Crippen molar-refractivity contribution in [3.05, 3.63) is 16.1 Å². The van der Waals surface area contributed by atoms with Crippen LogP contribution in [-0.4, -0.2) is 24.2 Å². The van der Waals surface area contributed by atoms with E-state index in [9.17, 15) is 0 Å². The van der Waals surface area contributed by atoms with E-state index in [4.69, 9.17) is 10.6 Å². The average Bonchev–Trinajstić information content (AvgIpc) is 2.76. The highest BCUT2D eigenvalue weighted by Crippen LogP contribution is 2.24. The second kappa shape index (κ2) is 7.19. The van der Waals surface area contributed by atoms with E-state index in [0.29, 0.717) is 6.61 Å². The van der Waals surface area contributed by atoms with Crippen molar-refractivity contribution >= 4 is 11.3 Å². The summed E-state index contributed by atoms with van der Waals surface area (Å²) < 4.78 is 5.52. The van der Waals surface area contributed by atoms with Gasteiger partial charge in [-0.3, -0.25) is 11.3 Å². The first-order valence-electron chi connectivity index (χ1n) is 6.46. The molecule has 0 radical (unpaired) electrons. The third kappa shape index (κ3) is 5.02. The normalized spacial score (nSPS) is 13.8. The zero-order valence-electron chi connectivity index (χ0n) is 11.8. The third-order valence-corrected chi connectivity index (χ3v) is 3.52. The molecule has 1 aromatic heterocycles. The van der Waals surface area contributed by atoms with Crippen LogP contribution in [0.2, 0.25) is 0 Å². The predicted molar refractivity (Wildman–Crippen MR) is 76.7 cm³/mol. The Kier molecular flexibility index (Phi) is 6.21. The standard InChI is InChI=1S/C13H25N3OS/c1-5-6-17-8-10(16-14)7-12-15-11(9-18-12)13(2,3)4/h9-10,16H,5-8,14H2,1-4H3. The molecule has 1 aromatic rings. The van der Waals surface area contributed by atoms with E-state index in [-0.39, 0.29) is 11.5 Å². The van der Waals surface area contributed by atoms with E-state index < -0.39 is 0 Å². The van der Waals surface area contributed by atoms with Crippen LogP contribution < -0.4 is 11.3 Å². The van der Waals surface area contributed by atoms with Crippen molar-refractivity contribution in [1.29, 1.82) is 0 Å². The summed E-state index contributed by atoms with van der Waals surface area (Å²) in [6, 6.07) is 0.135. The van der Waals surface area contributed by atoms with Gasteiger partial charge in [0.05, 0.1) is 23.4 Å². The van der Waals surface area contributed by atoms with Crippen LogP contribution in [0.5, 0.6) is 0 Å². The summed E-state index contributed by atoms with van der Waals surface area (Å²) in [5.74, 6) is 5.54. The number of nitrogens with one attached hydrogen (secondary N) is 1. The summed E-state index contributed by atoms with van der Waals surface area (Å²) in [4.78, 5) is 4.66. The number of ether oxygens (including phenoxy) is 1. The molecule has 1 unspecified atom stereocenters. The molecule has 5 heteroatoms. The molecule has 0 saturated heterocycles. The van der Waals surface area contributed by atoms with Crippen molar-refractivity contribution in [2.45, 2.75) is 52.0 Å². The lowest BCUT2D eigenvalue weighted by Crippen LogP contribution is -2.40. The van der Waals surface area contributed by atoms with Crippen LogP contribution in [0.1, 0.15) is 44.8 Å². The summed E-state index contributed by atoms with van der Waals surface area (Å²) >= 11 is 1.70. The first-order chi connectivity index (χ1) is 8.47. The van der Waals surface area contributed by atoms with E-state index >= 15 is 0 Å². The molecule has 104 valence electrons. The second-order valence-electron chi connectivity index (χ2n) is 5.52. The predicted octanol–water partition coefficient (Wildman–Crippen LogP) is 2.24. The summed E-state index contributed by atoms with van der Waals surface area (Å²) in [5.41, 5.74) is 4.06. The fourth-order valence-electron chi connectivity index (χ4n) is 1.50. The minimum Gasteiger partial charge on any atom is -0.380 e. The summed E-state index contributed by atoms with van der Waals surface area (Å²) in [6.07, 6.45) is 1.85. The third-order valence-electron chi connectivity index (χ3n) is 2.64. The molecule has 1 heterocycles. The SMILES string of the molecule is CCCOCC(Cc1nc(C(C)(C)C)cs1)NN. The van der Waals surface area contributed by atoms with Gasteiger partial charge in [-0.05, 0) is 6.42 Å². The lowest BCUT2D eigenvalue weighted by atomic mass is 9.93. The van der Waals surface area contributed by atoms with Crippen LogP contribution in [0.15, 0.2) is 5.38 Å². The molecule has 0 aliphatic heterocycles. The Balaban J connectivity index is 2.51. The maximum atomic E-state index is 5.54. The number of hydrogen-bond donors (Lipinski definition) is 2. The second-order valence-corrected chi connectivity index (χ2v) is 6.46. The van der Waals surface area contributed by atoms with Crippen LogP contribution in [0.4, 0.5) is 0 Å². The minimum atomic E-state index is 0.110. The van der Waals surface area contributed by atoms with E-state index in [1.54, 1.807) is 11.3 Å². The number of aromatic nitrogens is 1. The highest BCUT2D eigenvalue weighted by molar-refractivity contribution is 7.09. The van der Waals surface area contributed by atoms with Gasteiger partial charge in [0.1, 0.15) is 0 Å². The lowest BCUT2D eigenvalue weighted by molar-refractivity contribution is 0.112. The summed E-state index contributed by atoms with van der Waals surface area (Å²) in [7, 11) is 0. The number of nitrogens with zero attached hydrogens (tertiary/aromatic N) is 1. The van der Waals surface area contributed by atoms with Gasteiger partial charge in [-0.2, -0.15) is 0 Å². The zero-order chi connectivity index (χ0) is 13.6. The van der Waals surface area contributed by atoms with Crippen LogP contribution >= 0.6 is 11.3 Å². The molecule has 0 bridgehead atoms. The number of rotatable bonds is 7. The van der Waals surface area contributed by atoms with Gasteiger partial charge in [-0.15, -0.1) is 11.3 Å². The maximum absolute atomic E-state index is 5.54. The molecule has 18 heavy (non-hydrogen) atoms. The van der Waals surface area contributed by atoms with Gasteiger partial charge in [0, 0.05) is 23.8 Å². The molecular formula is C13H25N3OS. The molecular weight excluding hydrogens is 246 g/mol. The first-order valence-corrected chi connectivity index (χ1v) is 7.34. The Morgan fingerprint density at radius 3 is 2.72 bits per heavy atom. The van der Waals surface area contributed by atoms with Gasteiger partial charge in [-0.1, -0.05) is 27.7 Å². The quantitative estimate of drug-likeness (QED) is 0.453. The fraction of sp³-hybridized carbons (Fsp3) is 0.769. The van der Waals surface area contributed by atoms with Crippen molar-refractivity contribution in [3.63, 3.8) is 0 Å². The first kappa shape index (κ1) is 15.6. The monoisotopic (exact) mass is 271 g/mol. The van der Waals surface area contributed by atoms with Crippen LogP contribution in [0.25, 0.3) is 0 Å². The molecule has 0 aromatic carbocycles. The number of nitrogens with two attached hydrogens (primary N) is 1. The Morgan fingerprint density at radius 1 is 1.50 bits per heavy atom. The van der Waals surface area contributed by atoms with Gasteiger partial charge in [-0.25, -0.2) is 4.98 Å². The van der Waals surface area contributed by atoms with Gasteiger partial charge in [0.25, 0.3) is 0 Å². The molecule has 0 fully saturated rings. The van der Waals surface area contributed by atoms with Crippen molar-refractivity contribution < 1.29 is 4.74 Å². The lowest BCUT2D eigenvalue weighted by Gasteiger charge is -2.16.